The molecule has 0 aromatic heterocycles. The molecule has 0 aromatic carbocycles. The van der Waals surface area contributed by atoms with Gasteiger partial charge in [0.1, 0.15) is 19.3 Å². The lowest BCUT2D eigenvalue weighted by atomic mass is 10.0. The van der Waals surface area contributed by atoms with E-state index in [1.807, 2.05) is 0 Å². The predicted octanol–water partition coefficient (Wildman–Crippen LogP) is 2.04. The number of carbonyl (C=O) groups excluding carboxylic acids is 4. The molecule has 0 aliphatic heterocycles. The van der Waals surface area contributed by atoms with Crippen molar-refractivity contribution in [2.75, 3.05) is 79.6 Å². The van der Waals surface area contributed by atoms with Crippen LogP contribution in [0.2, 0.25) is 0 Å². The van der Waals surface area contributed by atoms with Gasteiger partial charge in [-0.05, 0) is 38.5 Å². The van der Waals surface area contributed by atoms with Gasteiger partial charge in [0, 0.05) is 46.0 Å². The van der Waals surface area contributed by atoms with E-state index in [4.69, 9.17) is 34.6 Å². The maximum Gasteiger partial charge on any atom is 0.326 e. The molecular weight excluding hydrogens is 812 g/mol. The highest BCUT2D eigenvalue weighted by atomic mass is 16.6. The van der Waals surface area contributed by atoms with Crippen LogP contribution in [0, 0.1) is 0 Å². The second-order valence-electron chi connectivity index (χ2n) is 15.1. The Hall–Kier alpha value is -3.50. The third-order valence-electron chi connectivity index (χ3n) is 9.75. The molecule has 0 fully saturated rings. The van der Waals surface area contributed by atoms with Crippen molar-refractivity contribution in [3.8, 4) is 0 Å². The number of nitrogens with two attached hydrogens (primary N) is 1. The molecule has 0 aliphatic rings. The number of ether oxygens (including phenoxy) is 5. The minimum Gasteiger partial charge on any atom is -0.481 e. The lowest BCUT2D eigenvalue weighted by Gasteiger charge is -2.20. The minimum atomic E-state index is -1.19. The fourth-order valence-corrected chi connectivity index (χ4v) is 6.16. The number of aliphatic hydroxyl groups is 1. The van der Waals surface area contributed by atoms with Crippen molar-refractivity contribution in [2.45, 2.75) is 153 Å². The van der Waals surface area contributed by atoms with Gasteiger partial charge < -0.3 is 60.3 Å². The molecule has 3 atom stereocenters. The highest BCUT2D eigenvalue weighted by molar-refractivity contribution is 5.84. The van der Waals surface area contributed by atoms with Crippen LogP contribution in [-0.2, 0) is 52.5 Å². The topological polar surface area (TPSA) is 295 Å². The van der Waals surface area contributed by atoms with Crippen molar-refractivity contribution in [1.29, 1.82) is 0 Å². The quantitative estimate of drug-likeness (QED) is 0.0183. The Bertz CT molecular complexity index is 1170. The number of unbranched alkanes of at least 4 members (excludes halogenated alkanes) is 14. The molecule has 0 aliphatic carbocycles. The molecular formula is C42H80N6O14. The number of carbonyl (C=O) groups is 6. The standard InChI is InChI=1S/C42H80N6O14/c1-58-42(57)35(48-43)18-16-17-23-44-38(51)32-61-30-29-60-27-25-46-39(52)33-62-31-28-59-26-24-45-36(49)22-21-34(41(55)56)47-37(50)19-14-12-10-8-6-4-2-3-5-7-9-11-13-15-20-40(53)54/h34-35,42,48,57H,2-33,43H2,1H3,(H,44,51)(H,45,49)(H,46,52)(H,47,50)(H,53,54)(H,55,56). The van der Waals surface area contributed by atoms with Gasteiger partial charge in [0.05, 0.1) is 45.7 Å². The zero-order valence-corrected chi connectivity index (χ0v) is 37.3. The van der Waals surface area contributed by atoms with Crippen molar-refractivity contribution in [2.24, 2.45) is 5.84 Å². The van der Waals surface area contributed by atoms with E-state index < -0.39 is 24.3 Å². The van der Waals surface area contributed by atoms with Gasteiger partial charge in [0.25, 0.3) is 0 Å². The molecule has 20 nitrogen and oxygen atoms in total. The summed E-state index contributed by atoms with van der Waals surface area (Å²) in [7, 11) is 1.39. The molecule has 62 heavy (non-hydrogen) atoms. The van der Waals surface area contributed by atoms with Crippen LogP contribution in [0.15, 0.2) is 0 Å². The first-order valence-corrected chi connectivity index (χ1v) is 22.5. The number of aliphatic hydroxyl groups excluding tert-OH is 1. The second-order valence-corrected chi connectivity index (χ2v) is 15.1. The summed E-state index contributed by atoms with van der Waals surface area (Å²) in [6, 6.07) is -1.53. The molecule has 0 rings (SSSR count). The lowest BCUT2D eigenvalue weighted by molar-refractivity contribution is -0.142. The fourth-order valence-electron chi connectivity index (χ4n) is 6.16. The summed E-state index contributed by atoms with van der Waals surface area (Å²) in [6.45, 7) is 1.96. The van der Waals surface area contributed by atoms with Crippen molar-refractivity contribution < 1.29 is 67.8 Å². The third kappa shape index (κ3) is 39.4. The van der Waals surface area contributed by atoms with Gasteiger partial charge in [0.2, 0.25) is 23.6 Å². The number of hydrogen-bond acceptors (Lipinski definition) is 14. The van der Waals surface area contributed by atoms with Gasteiger partial charge in [-0.1, -0.05) is 77.0 Å². The number of carboxylic acid groups (broad SMARTS) is 2. The normalized spacial score (nSPS) is 12.6. The maximum atomic E-state index is 12.3. The molecule has 0 heterocycles. The van der Waals surface area contributed by atoms with Crippen LogP contribution >= 0.6 is 0 Å². The van der Waals surface area contributed by atoms with Gasteiger partial charge >= 0.3 is 11.9 Å². The van der Waals surface area contributed by atoms with Gasteiger partial charge in [-0.2, -0.15) is 0 Å². The lowest BCUT2D eigenvalue weighted by Crippen LogP contribution is -2.44. The summed E-state index contributed by atoms with van der Waals surface area (Å²) in [4.78, 5) is 70.4. The molecule has 0 aromatic rings. The van der Waals surface area contributed by atoms with E-state index in [9.17, 15) is 39.0 Å². The highest BCUT2D eigenvalue weighted by Gasteiger charge is 2.21. The average Bonchev–Trinajstić information content (AvgIpc) is 3.24. The van der Waals surface area contributed by atoms with Crippen molar-refractivity contribution in [3.05, 3.63) is 0 Å². The predicted molar refractivity (Wildman–Crippen MR) is 231 cm³/mol. The van der Waals surface area contributed by atoms with Gasteiger partial charge in [0.15, 0.2) is 6.29 Å². The molecule has 0 saturated heterocycles. The second kappa shape index (κ2) is 42.8. The van der Waals surface area contributed by atoms with Crippen molar-refractivity contribution >= 4 is 35.6 Å². The van der Waals surface area contributed by atoms with Gasteiger partial charge in [-0.15, -0.1) is 0 Å². The Morgan fingerprint density at radius 1 is 0.500 bits per heavy atom. The number of amides is 4. The molecule has 4 amide bonds. The van der Waals surface area contributed by atoms with Crippen LogP contribution < -0.4 is 32.5 Å². The first-order valence-electron chi connectivity index (χ1n) is 22.5. The Balaban J connectivity index is 3.66. The Kier molecular flexibility index (Phi) is 40.4. The SMILES string of the molecule is COC(O)C(CCCCNC(=O)COCCOCCNC(=O)COCCOCCNC(=O)CCC(NC(=O)CCCCCCCCCCCCCCCCC(=O)O)C(=O)O)NN. The van der Waals surface area contributed by atoms with Crippen LogP contribution in [0.25, 0.3) is 0 Å². The molecule has 0 radical (unpaired) electrons. The van der Waals surface area contributed by atoms with Gasteiger partial charge in [-0.25, -0.2) is 4.79 Å². The van der Waals surface area contributed by atoms with Crippen molar-refractivity contribution in [3.63, 3.8) is 0 Å². The monoisotopic (exact) mass is 893 g/mol. The molecule has 10 N–H and O–H groups in total. The Labute approximate surface area is 368 Å². The number of carboxylic acids is 2. The zero-order chi connectivity index (χ0) is 45.9. The summed E-state index contributed by atoms with van der Waals surface area (Å²) in [5, 5.41) is 38.4. The highest BCUT2D eigenvalue weighted by Crippen LogP contribution is 2.14. The first-order chi connectivity index (χ1) is 30.0. The Morgan fingerprint density at radius 3 is 1.42 bits per heavy atom. The number of methoxy groups -OCH3 is 1. The van der Waals surface area contributed by atoms with E-state index in [1.54, 1.807) is 0 Å². The average molecular weight is 893 g/mol. The summed E-state index contributed by atoms with van der Waals surface area (Å²) >= 11 is 0. The van der Waals surface area contributed by atoms with Crippen LogP contribution in [0.3, 0.4) is 0 Å². The first kappa shape index (κ1) is 58.5. The van der Waals surface area contributed by atoms with Crippen LogP contribution in [0.4, 0.5) is 0 Å². The summed E-state index contributed by atoms with van der Waals surface area (Å²) in [5.74, 6) is 2.22. The van der Waals surface area contributed by atoms with E-state index in [2.05, 4.69) is 26.7 Å². The third-order valence-corrected chi connectivity index (χ3v) is 9.75. The number of aliphatic carboxylic acids is 2. The molecule has 0 saturated carbocycles. The summed E-state index contributed by atoms with van der Waals surface area (Å²) in [5.41, 5.74) is 2.50. The van der Waals surface area contributed by atoms with E-state index in [-0.39, 0.29) is 121 Å². The molecule has 0 bridgehead atoms. The molecule has 3 unspecified atom stereocenters. The Morgan fingerprint density at radius 2 is 0.952 bits per heavy atom. The number of rotatable bonds is 46. The van der Waals surface area contributed by atoms with Crippen LogP contribution in [-0.4, -0.2) is 149 Å². The molecule has 0 spiro atoms. The van der Waals surface area contributed by atoms with E-state index >= 15 is 0 Å². The summed E-state index contributed by atoms with van der Waals surface area (Å²) in [6.07, 6.45) is 16.5. The van der Waals surface area contributed by atoms with E-state index in [0.29, 0.717) is 25.8 Å². The van der Waals surface area contributed by atoms with E-state index in [1.165, 1.54) is 52.1 Å². The number of hydrogen-bond donors (Lipinski definition) is 9. The zero-order valence-electron chi connectivity index (χ0n) is 37.3. The minimum absolute atomic E-state index is 0.0289. The van der Waals surface area contributed by atoms with Crippen LogP contribution in [0.1, 0.15) is 135 Å². The molecule has 20 heteroatoms. The van der Waals surface area contributed by atoms with Gasteiger partial charge in [-0.3, -0.25) is 35.2 Å². The van der Waals surface area contributed by atoms with Crippen molar-refractivity contribution in [1.82, 2.24) is 26.7 Å². The number of hydrazine groups is 1. The molecule has 362 valence electrons. The van der Waals surface area contributed by atoms with E-state index in [0.717, 1.165) is 44.9 Å². The number of nitrogens with one attached hydrogen (secondary N) is 5. The smallest absolute Gasteiger partial charge is 0.326 e. The maximum absolute atomic E-state index is 12.3. The summed E-state index contributed by atoms with van der Waals surface area (Å²) < 4.78 is 26.2. The van der Waals surface area contributed by atoms with Crippen LogP contribution in [0.5, 0.6) is 0 Å². The fraction of sp³-hybridized carbons (Fsp3) is 0.857. The largest absolute Gasteiger partial charge is 0.481 e.